The van der Waals surface area contributed by atoms with Crippen LogP contribution in [0.4, 0.5) is 0 Å². The number of aryl methyl sites for hydroxylation is 1. The van der Waals surface area contributed by atoms with Crippen molar-refractivity contribution in [1.29, 1.82) is 0 Å². The Labute approximate surface area is 157 Å². The fourth-order valence-electron chi connectivity index (χ4n) is 1.81. The number of thiazole rings is 1. The van der Waals surface area contributed by atoms with Crippen molar-refractivity contribution >= 4 is 52.9 Å². The molecule has 1 aromatic heterocycles. The van der Waals surface area contributed by atoms with Crippen molar-refractivity contribution in [3.8, 4) is 0 Å². The Balaban J connectivity index is 0.00000242. The van der Waals surface area contributed by atoms with Gasteiger partial charge in [0.15, 0.2) is 5.96 Å². The number of halogens is 2. The molecular weight excluding hydrogens is 431 g/mol. The van der Waals surface area contributed by atoms with E-state index in [1.165, 1.54) is 4.88 Å². The summed E-state index contributed by atoms with van der Waals surface area (Å²) in [4.78, 5) is 9.88. The first-order chi connectivity index (χ1) is 10.2. The number of hydrogen-bond acceptors (Lipinski definition) is 3. The summed E-state index contributed by atoms with van der Waals surface area (Å²) in [6.07, 6.45) is 2.96. The van der Waals surface area contributed by atoms with Gasteiger partial charge in [-0.2, -0.15) is 0 Å². The van der Waals surface area contributed by atoms with Gasteiger partial charge in [-0.15, -0.1) is 35.3 Å². The third-order valence-electron chi connectivity index (χ3n) is 2.93. The first-order valence-corrected chi connectivity index (χ1v) is 8.03. The van der Waals surface area contributed by atoms with Gasteiger partial charge < -0.3 is 10.6 Å². The van der Waals surface area contributed by atoms with Crippen LogP contribution in [0.1, 0.15) is 22.4 Å². The molecule has 0 aliphatic heterocycles. The number of guanidine groups is 1. The van der Waals surface area contributed by atoms with Crippen molar-refractivity contribution in [3.05, 3.63) is 50.9 Å². The van der Waals surface area contributed by atoms with Crippen LogP contribution >= 0.6 is 46.9 Å². The number of aromatic nitrogens is 1. The molecule has 0 bridgehead atoms. The molecule has 22 heavy (non-hydrogen) atoms. The molecule has 0 aliphatic rings. The Morgan fingerprint density at radius 3 is 2.73 bits per heavy atom. The predicted octanol–water partition coefficient (Wildman–Crippen LogP) is 3.84. The minimum atomic E-state index is 0. The number of rotatable bonds is 5. The van der Waals surface area contributed by atoms with E-state index in [1.54, 1.807) is 18.4 Å². The van der Waals surface area contributed by atoms with Gasteiger partial charge in [-0.25, -0.2) is 4.98 Å². The molecule has 0 radical (unpaired) electrons. The lowest BCUT2D eigenvalue weighted by Gasteiger charge is -2.11. The molecular formula is C15H20ClIN4S. The molecule has 1 aromatic carbocycles. The molecule has 1 heterocycles. The van der Waals surface area contributed by atoms with E-state index in [-0.39, 0.29) is 24.0 Å². The van der Waals surface area contributed by atoms with E-state index in [9.17, 15) is 0 Å². The van der Waals surface area contributed by atoms with E-state index in [1.807, 2.05) is 30.5 Å². The quantitative estimate of drug-likeness (QED) is 0.413. The van der Waals surface area contributed by atoms with Crippen LogP contribution in [0.5, 0.6) is 0 Å². The van der Waals surface area contributed by atoms with Crippen LogP contribution in [0.15, 0.2) is 35.5 Å². The maximum absolute atomic E-state index is 5.97. The zero-order valence-electron chi connectivity index (χ0n) is 12.6. The Kier molecular flexibility index (Phi) is 8.74. The van der Waals surface area contributed by atoms with Gasteiger partial charge in [0.1, 0.15) is 5.01 Å². The summed E-state index contributed by atoms with van der Waals surface area (Å²) in [6, 6.07) is 7.78. The van der Waals surface area contributed by atoms with Crippen molar-refractivity contribution in [1.82, 2.24) is 15.6 Å². The van der Waals surface area contributed by atoms with E-state index >= 15 is 0 Å². The second-order valence-corrected chi connectivity index (χ2v) is 6.12. The topological polar surface area (TPSA) is 49.3 Å². The molecule has 0 saturated heterocycles. The zero-order chi connectivity index (χ0) is 15.1. The van der Waals surface area contributed by atoms with Crippen LogP contribution in [0, 0.1) is 0 Å². The SMILES string of the molecule is CCc1cnc(CNC(=NC)NCc2cccc(Cl)c2)s1.I. The maximum Gasteiger partial charge on any atom is 0.191 e. The van der Waals surface area contributed by atoms with Crippen LogP contribution in [-0.4, -0.2) is 18.0 Å². The molecule has 2 N–H and O–H groups in total. The average molecular weight is 451 g/mol. The minimum Gasteiger partial charge on any atom is -0.352 e. The predicted molar refractivity (Wildman–Crippen MR) is 105 cm³/mol. The molecule has 0 aliphatic carbocycles. The van der Waals surface area contributed by atoms with Crippen LogP contribution in [-0.2, 0) is 19.5 Å². The van der Waals surface area contributed by atoms with Crippen molar-refractivity contribution < 1.29 is 0 Å². The Morgan fingerprint density at radius 2 is 2.09 bits per heavy atom. The van der Waals surface area contributed by atoms with Crippen molar-refractivity contribution in [3.63, 3.8) is 0 Å². The van der Waals surface area contributed by atoms with Crippen molar-refractivity contribution in [2.24, 2.45) is 4.99 Å². The highest BCUT2D eigenvalue weighted by atomic mass is 127. The van der Waals surface area contributed by atoms with Gasteiger partial charge in [0.2, 0.25) is 0 Å². The number of nitrogens with one attached hydrogen (secondary N) is 2. The van der Waals surface area contributed by atoms with E-state index < -0.39 is 0 Å². The normalized spacial score (nSPS) is 11.0. The smallest absolute Gasteiger partial charge is 0.191 e. The molecule has 7 heteroatoms. The number of hydrogen-bond donors (Lipinski definition) is 2. The highest BCUT2D eigenvalue weighted by Gasteiger charge is 2.03. The second-order valence-electron chi connectivity index (χ2n) is 4.48. The number of benzene rings is 1. The summed E-state index contributed by atoms with van der Waals surface area (Å²) < 4.78 is 0. The van der Waals surface area contributed by atoms with Crippen molar-refractivity contribution in [2.45, 2.75) is 26.4 Å². The minimum absolute atomic E-state index is 0. The molecule has 2 aromatic rings. The van der Waals surface area contributed by atoms with Gasteiger partial charge in [-0.3, -0.25) is 4.99 Å². The second kappa shape index (κ2) is 10.0. The van der Waals surface area contributed by atoms with Gasteiger partial charge in [0, 0.05) is 29.7 Å². The largest absolute Gasteiger partial charge is 0.352 e. The molecule has 0 saturated carbocycles. The van der Waals surface area contributed by atoms with Gasteiger partial charge in [0.25, 0.3) is 0 Å². The average Bonchev–Trinajstić information content (AvgIpc) is 2.95. The summed E-state index contributed by atoms with van der Waals surface area (Å²) in [6.45, 7) is 3.49. The van der Waals surface area contributed by atoms with Crippen LogP contribution in [0.25, 0.3) is 0 Å². The molecule has 0 amide bonds. The fraction of sp³-hybridized carbons (Fsp3) is 0.333. The molecule has 120 valence electrons. The lowest BCUT2D eigenvalue weighted by atomic mass is 10.2. The lowest BCUT2D eigenvalue weighted by Crippen LogP contribution is -2.36. The standard InChI is InChI=1S/C15H19ClN4S.HI/c1-3-13-9-18-14(21-13)10-20-15(17-2)19-8-11-5-4-6-12(16)7-11;/h4-7,9H,3,8,10H2,1-2H3,(H2,17,19,20);1H. The highest BCUT2D eigenvalue weighted by molar-refractivity contribution is 14.0. The number of nitrogens with zero attached hydrogens (tertiary/aromatic N) is 2. The molecule has 0 spiro atoms. The summed E-state index contributed by atoms with van der Waals surface area (Å²) in [7, 11) is 1.76. The fourth-order valence-corrected chi connectivity index (χ4v) is 2.82. The summed E-state index contributed by atoms with van der Waals surface area (Å²) in [5.41, 5.74) is 1.12. The van der Waals surface area contributed by atoms with E-state index in [2.05, 4.69) is 27.5 Å². The highest BCUT2D eigenvalue weighted by Crippen LogP contribution is 2.13. The Morgan fingerprint density at radius 1 is 1.32 bits per heavy atom. The summed E-state index contributed by atoms with van der Waals surface area (Å²) >= 11 is 7.70. The molecule has 4 nitrogen and oxygen atoms in total. The zero-order valence-corrected chi connectivity index (χ0v) is 16.5. The maximum atomic E-state index is 5.97. The van der Waals surface area contributed by atoms with E-state index in [0.717, 1.165) is 28.0 Å². The monoisotopic (exact) mass is 450 g/mol. The van der Waals surface area contributed by atoms with Crippen LogP contribution < -0.4 is 10.6 Å². The lowest BCUT2D eigenvalue weighted by molar-refractivity contribution is 0.805. The number of aliphatic imine (C=N–C) groups is 1. The van der Waals surface area contributed by atoms with Crippen LogP contribution in [0.2, 0.25) is 5.02 Å². The van der Waals surface area contributed by atoms with Gasteiger partial charge in [-0.05, 0) is 24.1 Å². The van der Waals surface area contributed by atoms with Crippen molar-refractivity contribution in [2.75, 3.05) is 7.05 Å². The third kappa shape index (κ3) is 6.10. The summed E-state index contributed by atoms with van der Waals surface area (Å²) in [5.74, 6) is 0.753. The Bertz CT molecular complexity index is 615. The summed E-state index contributed by atoms with van der Waals surface area (Å²) in [5, 5.41) is 8.33. The van der Waals surface area contributed by atoms with Gasteiger partial charge >= 0.3 is 0 Å². The van der Waals surface area contributed by atoms with E-state index in [4.69, 9.17) is 11.6 Å². The molecule has 0 unspecified atom stereocenters. The molecule has 0 fully saturated rings. The molecule has 2 rings (SSSR count). The Hall–Kier alpha value is -0.860. The molecule has 0 atom stereocenters. The first kappa shape index (κ1) is 19.2. The third-order valence-corrected chi connectivity index (χ3v) is 4.31. The van der Waals surface area contributed by atoms with E-state index in [0.29, 0.717) is 13.1 Å². The van der Waals surface area contributed by atoms with Gasteiger partial charge in [-0.1, -0.05) is 30.7 Å². The van der Waals surface area contributed by atoms with Gasteiger partial charge in [0.05, 0.1) is 6.54 Å². The first-order valence-electron chi connectivity index (χ1n) is 6.83. The van der Waals surface area contributed by atoms with Crippen LogP contribution in [0.3, 0.4) is 0 Å².